The van der Waals surface area contributed by atoms with Gasteiger partial charge in [-0.15, -0.1) is 0 Å². The molecule has 18 heavy (non-hydrogen) atoms. The Hall–Kier alpha value is -1.18. The second-order valence-electron chi connectivity index (χ2n) is 5.16. The highest BCUT2D eigenvalue weighted by Gasteiger charge is 2.06. The van der Waals surface area contributed by atoms with Crippen molar-refractivity contribution < 1.29 is 0 Å². The van der Waals surface area contributed by atoms with E-state index in [1.165, 1.54) is 49.7 Å². The molecule has 0 saturated carbocycles. The molecule has 0 aliphatic heterocycles. The highest BCUT2D eigenvalue weighted by atomic mass is 14.7. The first-order valence-corrected chi connectivity index (χ1v) is 7.35. The molecule has 0 heterocycles. The van der Waals surface area contributed by atoms with Crippen LogP contribution in [-0.4, -0.2) is 0 Å². The minimum absolute atomic E-state index is 0.737. The van der Waals surface area contributed by atoms with Gasteiger partial charge < -0.3 is 11.5 Å². The zero-order chi connectivity index (χ0) is 13.4. The van der Waals surface area contributed by atoms with Crippen LogP contribution in [0, 0.1) is 0 Å². The van der Waals surface area contributed by atoms with Gasteiger partial charge in [0, 0.05) is 0 Å². The minimum atomic E-state index is 0.737. The molecule has 0 aliphatic rings. The topological polar surface area (TPSA) is 52.0 Å². The first-order valence-electron chi connectivity index (χ1n) is 7.35. The summed E-state index contributed by atoms with van der Waals surface area (Å²) in [6.07, 6.45) is 9.88. The van der Waals surface area contributed by atoms with Gasteiger partial charge in [-0.2, -0.15) is 0 Å². The third-order valence-electron chi connectivity index (χ3n) is 3.50. The fourth-order valence-corrected chi connectivity index (χ4v) is 2.32. The first kappa shape index (κ1) is 14.9. The van der Waals surface area contributed by atoms with Crippen LogP contribution in [0.25, 0.3) is 0 Å². The van der Waals surface area contributed by atoms with Crippen LogP contribution in [0.2, 0.25) is 0 Å². The van der Waals surface area contributed by atoms with Gasteiger partial charge in [-0.1, -0.05) is 39.5 Å². The van der Waals surface area contributed by atoms with E-state index in [2.05, 4.69) is 26.0 Å². The average molecular weight is 248 g/mol. The van der Waals surface area contributed by atoms with Gasteiger partial charge in [0.15, 0.2) is 0 Å². The summed E-state index contributed by atoms with van der Waals surface area (Å²) >= 11 is 0. The SMILES string of the molecule is CCCCCc1cc(N)c(N)cc1CCCCC. The van der Waals surface area contributed by atoms with Crippen molar-refractivity contribution in [1.82, 2.24) is 0 Å². The molecule has 4 N–H and O–H groups in total. The molecule has 0 radical (unpaired) electrons. The van der Waals surface area contributed by atoms with Crippen LogP contribution >= 0.6 is 0 Å². The van der Waals surface area contributed by atoms with Gasteiger partial charge in [-0.05, 0) is 48.9 Å². The van der Waals surface area contributed by atoms with Gasteiger partial charge in [0.05, 0.1) is 11.4 Å². The van der Waals surface area contributed by atoms with Gasteiger partial charge in [0.2, 0.25) is 0 Å². The fraction of sp³-hybridized carbons (Fsp3) is 0.625. The molecule has 0 aromatic heterocycles. The number of anilines is 2. The Morgan fingerprint density at radius 1 is 0.722 bits per heavy atom. The summed E-state index contributed by atoms with van der Waals surface area (Å²) in [4.78, 5) is 0. The molecule has 0 aliphatic carbocycles. The molecule has 0 saturated heterocycles. The molecule has 2 heteroatoms. The summed E-state index contributed by atoms with van der Waals surface area (Å²) < 4.78 is 0. The van der Waals surface area contributed by atoms with Crippen LogP contribution in [0.3, 0.4) is 0 Å². The highest BCUT2D eigenvalue weighted by Crippen LogP contribution is 2.24. The van der Waals surface area contributed by atoms with Crippen LogP contribution in [-0.2, 0) is 12.8 Å². The maximum absolute atomic E-state index is 5.92. The third-order valence-corrected chi connectivity index (χ3v) is 3.50. The molecule has 0 unspecified atom stereocenters. The quantitative estimate of drug-likeness (QED) is 0.532. The molecule has 0 atom stereocenters. The van der Waals surface area contributed by atoms with Gasteiger partial charge in [-0.3, -0.25) is 0 Å². The fourth-order valence-electron chi connectivity index (χ4n) is 2.32. The monoisotopic (exact) mass is 248 g/mol. The second-order valence-corrected chi connectivity index (χ2v) is 5.16. The van der Waals surface area contributed by atoms with E-state index in [0.717, 1.165) is 24.2 Å². The van der Waals surface area contributed by atoms with Crippen LogP contribution < -0.4 is 11.5 Å². The van der Waals surface area contributed by atoms with Crippen molar-refractivity contribution >= 4 is 11.4 Å². The van der Waals surface area contributed by atoms with E-state index >= 15 is 0 Å². The molecule has 1 rings (SSSR count). The highest BCUT2D eigenvalue weighted by molar-refractivity contribution is 5.66. The average Bonchev–Trinajstić information content (AvgIpc) is 2.35. The van der Waals surface area contributed by atoms with E-state index in [1.807, 2.05) is 0 Å². The molecule has 2 nitrogen and oxygen atoms in total. The normalized spacial score (nSPS) is 10.8. The zero-order valence-electron chi connectivity index (χ0n) is 12.0. The predicted molar refractivity (Wildman–Crippen MR) is 81.7 cm³/mol. The number of hydrogen-bond acceptors (Lipinski definition) is 2. The number of hydrogen-bond donors (Lipinski definition) is 2. The Morgan fingerprint density at radius 2 is 1.11 bits per heavy atom. The van der Waals surface area contributed by atoms with E-state index < -0.39 is 0 Å². The van der Waals surface area contributed by atoms with Crippen molar-refractivity contribution in [3.8, 4) is 0 Å². The molecule has 0 bridgehead atoms. The molecular formula is C16H28N2. The molecule has 102 valence electrons. The Labute approximate surface area is 112 Å². The number of aryl methyl sites for hydroxylation is 2. The Kier molecular flexibility index (Phi) is 6.63. The van der Waals surface area contributed by atoms with Crippen molar-refractivity contribution in [2.24, 2.45) is 0 Å². The summed E-state index contributed by atoms with van der Waals surface area (Å²) in [5.74, 6) is 0. The lowest BCUT2D eigenvalue weighted by atomic mass is 9.96. The standard InChI is InChI=1S/C16H28N2/c1-3-5-7-9-13-11-15(17)16(18)12-14(13)10-8-6-4-2/h11-12H,3-10,17-18H2,1-2H3. The van der Waals surface area contributed by atoms with Gasteiger partial charge in [-0.25, -0.2) is 0 Å². The van der Waals surface area contributed by atoms with Crippen LogP contribution in [0.4, 0.5) is 11.4 Å². The molecule has 0 spiro atoms. The number of nitrogen functional groups attached to an aromatic ring is 2. The van der Waals surface area contributed by atoms with E-state index in [1.54, 1.807) is 0 Å². The van der Waals surface area contributed by atoms with Gasteiger partial charge in [0.25, 0.3) is 0 Å². The molecule has 1 aromatic rings. The smallest absolute Gasteiger partial charge is 0.0550 e. The van der Waals surface area contributed by atoms with Crippen molar-refractivity contribution in [3.05, 3.63) is 23.3 Å². The Bertz CT molecular complexity index is 323. The van der Waals surface area contributed by atoms with E-state index in [4.69, 9.17) is 11.5 Å². The molecule has 0 fully saturated rings. The maximum Gasteiger partial charge on any atom is 0.0550 e. The maximum atomic E-state index is 5.92. The van der Waals surface area contributed by atoms with Crippen molar-refractivity contribution in [1.29, 1.82) is 0 Å². The second kappa shape index (κ2) is 8.02. The van der Waals surface area contributed by atoms with E-state index in [-0.39, 0.29) is 0 Å². The summed E-state index contributed by atoms with van der Waals surface area (Å²) in [5, 5.41) is 0. The first-order chi connectivity index (χ1) is 8.69. The van der Waals surface area contributed by atoms with Crippen LogP contribution in [0.15, 0.2) is 12.1 Å². The number of rotatable bonds is 8. The minimum Gasteiger partial charge on any atom is -0.397 e. The summed E-state index contributed by atoms with van der Waals surface area (Å²) in [6.45, 7) is 4.47. The van der Waals surface area contributed by atoms with Crippen LogP contribution in [0.5, 0.6) is 0 Å². The van der Waals surface area contributed by atoms with E-state index in [0.29, 0.717) is 0 Å². The zero-order valence-corrected chi connectivity index (χ0v) is 12.0. The lowest BCUT2D eigenvalue weighted by Crippen LogP contribution is -2.02. The summed E-state index contributed by atoms with van der Waals surface area (Å²) in [7, 11) is 0. The Morgan fingerprint density at radius 3 is 1.44 bits per heavy atom. The summed E-state index contributed by atoms with van der Waals surface area (Å²) in [6, 6.07) is 4.18. The van der Waals surface area contributed by atoms with Gasteiger partial charge in [0.1, 0.15) is 0 Å². The molecule has 1 aromatic carbocycles. The van der Waals surface area contributed by atoms with Crippen LogP contribution in [0.1, 0.15) is 63.5 Å². The molecule has 0 amide bonds. The number of benzene rings is 1. The lowest BCUT2D eigenvalue weighted by molar-refractivity contribution is 0.694. The lowest BCUT2D eigenvalue weighted by Gasteiger charge is -2.12. The van der Waals surface area contributed by atoms with Crippen molar-refractivity contribution in [2.75, 3.05) is 11.5 Å². The third kappa shape index (κ3) is 4.59. The molecular weight excluding hydrogens is 220 g/mol. The van der Waals surface area contributed by atoms with Crippen molar-refractivity contribution in [3.63, 3.8) is 0 Å². The van der Waals surface area contributed by atoms with Crippen molar-refractivity contribution in [2.45, 2.75) is 65.2 Å². The Balaban J connectivity index is 2.73. The summed E-state index contributed by atoms with van der Waals surface area (Å²) in [5.41, 5.74) is 16.1. The predicted octanol–water partition coefficient (Wildman–Crippen LogP) is 4.32. The van der Waals surface area contributed by atoms with Gasteiger partial charge >= 0.3 is 0 Å². The van der Waals surface area contributed by atoms with E-state index in [9.17, 15) is 0 Å². The number of nitrogens with two attached hydrogens (primary N) is 2. The number of unbranched alkanes of at least 4 members (excludes halogenated alkanes) is 4. The largest absolute Gasteiger partial charge is 0.397 e.